The average Bonchev–Trinajstić information content (AvgIpc) is 2.75. The van der Waals surface area contributed by atoms with Crippen LogP contribution in [0.1, 0.15) is 25.8 Å². The van der Waals surface area contributed by atoms with Gasteiger partial charge < -0.3 is 30.7 Å². The summed E-state index contributed by atoms with van der Waals surface area (Å²) in [5.41, 5.74) is -0.273. The molecule has 10 heteroatoms. The van der Waals surface area contributed by atoms with Crippen LogP contribution in [0.2, 0.25) is 0 Å². The number of benzene rings is 1. The molecule has 2 amide bonds. The molecule has 0 aliphatic heterocycles. The second-order valence-corrected chi connectivity index (χ2v) is 8.47. The summed E-state index contributed by atoms with van der Waals surface area (Å²) in [5.74, 6) is -0.237. The molecule has 1 rings (SSSR count). The second kappa shape index (κ2) is 13.0. The van der Waals surface area contributed by atoms with E-state index in [1.54, 1.807) is 32.1 Å². The first-order chi connectivity index (χ1) is 14.6. The fraction of sp³-hybridized carbons (Fsp3) is 0.476. The predicted octanol–water partition coefficient (Wildman–Crippen LogP) is 0.676. The van der Waals surface area contributed by atoms with Crippen LogP contribution in [0.3, 0.4) is 0 Å². The van der Waals surface area contributed by atoms with Gasteiger partial charge in [0.2, 0.25) is 16.9 Å². The van der Waals surface area contributed by atoms with Crippen molar-refractivity contribution in [2.45, 2.75) is 26.4 Å². The third-order valence-corrected chi connectivity index (χ3v) is 5.16. The normalized spacial score (nSPS) is 12.4. The highest BCUT2D eigenvalue weighted by Gasteiger charge is 2.32. The Kier molecular flexibility index (Phi) is 11.1. The van der Waals surface area contributed by atoms with Crippen LogP contribution in [-0.2, 0) is 14.4 Å². The van der Waals surface area contributed by atoms with E-state index in [2.05, 4.69) is 10.6 Å². The zero-order valence-corrected chi connectivity index (χ0v) is 18.7. The van der Waals surface area contributed by atoms with Crippen molar-refractivity contribution in [3.8, 4) is 11.5 Å². The minimum atomic E-state index is -1.38. The number of carbonyl (C=O) groups excluding carboxylic acids is 3. The van der Waals surface area contributed by atoms with Gasteiger partial charge in [0.1, 0.15) is 6.10 Å². The highest BCUT2D eigenvalue weighted by atomic mass is 32.2. The van der Waals surface area contributed by atoms with E-state index in [9.17, 15) is 24.6 Å². The number of amides is 2. The number of aliphatic hydroxyl groups is 2. The fourth-order valence-corrected chi connectivity index (χ4v) is 2.85. The Bertz CT molecular complexity index is 796. The molecule has 0 fully saturated rings. The lowest BCUT2D eigenvalue weighted by Gasteiger charge is -2.27. The van der Waals surface area contributed by atoms with E-state index < -0.39 is 17.4 Å². The second-order valence-electron chi connectivity index (χ2n) is 7.37. The topological polar surface area (TPSA) is 145 Å². The quantitative estimate of drug-likeness (QED) is 0.229. The average molecular weight is 455 g/mol. The van der Waals surface area contributed by atoms with Gasteiger partial charge in [-0.05, 0) is 23.8 Å². The Morgan fingerprint density at radius 1 is 1.23 bits per heavy atom. The van der Waals surface area contributed by atoms with Crippen LogP contribution in [0.25, 0.3) is 6.08 Å². The van der Waals surface area contributed by atoms with Gasteiger partial charge >= 0.3 is 0 Å². The molecule has 0 heterocycles. The maximum absolute atomic E-state index is 11.9. The number of phenolic OH excluding ortho intramolecular Hbond substituents is 1. The number of hydrogen-bond acceptors (Lipinski definition) is 8. The Morgan fingerprint density at radius 2 is 1.94 bits per heavy atom. The van der Waals surface area contributed by atoms with Crippen LogP contribution in [0.15, 0.2) is 24.3 Å². The number of aromatic hydroxyl groups is 1. The number of carbonyl (C=O) groups is 3. The lowest BCUT2D eigenvalue weighted by atomic mass is 9.87. The van der Waals surface area contributed by atoms with Gasteiger partial charge in [-0.2, -0.15) is 0 Å². The van der Waals surface area contributed by atoms with Crippen molar-refractivity contribution in [1.29, 1.82) is 0 Å². The first kappa shape index (κ1) is 26.5. The van der Waals surface area contributed by atoms with E-state index in [1.807, 2.05) is 0 Å². The maximum Gasteiger partial charge on any atom is 0.249 e. The molecule has 9 nitrogen and oxygen atoms in total. The molecule has 0 aliphatic carbocycles. The van der Waals surface area contributed by atoms with Crippen molar-refractivity contribution in [2.24, 2.45) is 5.41 Å². The summed E-state index contributed by atoms with van der Waals surface area (Å²) < 4.78 is 5.01. The molecule has 0 aliphatic rings. The lowest BCUT2D eigenvalue weighted by molar-refractivity contribution is -0.137. The van der Waals surface area contributed by atoms with E-state index >= 15 is 0 Å². The van der Waals surface area contributed by atoms with Crippen LogP contribution in [-0.4, -0.2) is 70.9 Å². The molecule has 1 aromatic rings. The van der Waals surface area contributed by atoms with E-state index in [1.165, 1.54) is 19.3 Å². The Balaban J connectivity index is 2.25. The number of aliphatic hydroxyl groups excluding tert-OH is 2. The van der Waals surface area contributed by atoms with Gasteiger partial charge in [0.05, 0.1) is 13.7 Å². The summed E-state index contributed by atoms with van der Waals surface area (Å²) in [5, 5.41) is 33.5. The Labute approximate surface area is 185 Å². The highest BCUT2D eigenvalue weighted by molar-refractivity contribution is 8.14. The molecular weight excluding hydrogens is 424 g/mol. The molecule has 0 saturated heterocycles. The van der Waals surface area contributed by atoms with Crippen LogP contribution in [0.5, 0.6) is 11.5 Å². The molecular formula is C21H30N2O7S. The van der Waals surface area contributed by atoms with Crippen molar-refractivity contribution >= 4 is 34.8 Å². The van der Waals surface area contributed by atoms with Gasteiger partial charge in [-0.1, -0.05) is 37.8 Å². The number of rotatable bonds is 12. The molecule has 172 valence electrons. The van der Waals surface area contributed by atoms with Gasteiger partial charge in [-0.3, -0.25) is 14.4 Å². The van der Waals surface area contributed by atoms with E-state index in [0.717, 1.165) is 11.8 Å². The van der Waals surface area contributed by atoms with Gasteiger partial charge in [-0.25, -0.2) is 0 Å². The molecule has 0 spiro atoms. The third kappa shape index (κ3) is 9.41. The minimum absolute atomic E-state index is 0.0147. The van der Waals surface area contributed by atoms with Crippen LogP contribution in [0, 0.1) is 5.41 Å². The fourth-order valence-electron chi connectivity index (χ4n) is 2.28. The van der Waals surface area contributed by atoms with E-state index in [4.69, 9.17) is 9.84 Å². The molecule has 1 atom stereocenters. The summed E-state index contributed by atoms with van der Waals surface area (Å²) in [4.78, 5) is 35.5. The summed E-state index contributed by atoms with van der Waals surface area (Å²) >= 11 is 1.04. The summed E-state index contributed by atoms with van der Waals surface area (Å²) in [7, 11) is 1.44. The number of thioether (sulfide) groups is 1. The Hall–Kier alpha value is -2.56. The van der Waals surface area contributed by atoms with E-state index in [0.29, 0.717) is 17.1 Å². The predicted molar refractivity (Wildman–Crippen MR) is 119 cm³/mol. The zero-order chi connectivity index (χ0) is 23.4. The molecule has 0 bridgehead atoms. The van der Waals surface area contributed by atoms with Crippen molar-refractivity contribution in [3.63, 3.8) is 0 Å². The van der Waals surface area contributed by atoms with Crippen molar-refractivity contribution < 1.29 is 34.4 Å². The molecule has 0 aromatic heterocycles. The largest absolute Gasteiger partial charge is 0.504 e. The lowest BCUT2D eigenvalue weighted by Crippen LogP contribution is -2.46. The van der Waals surface area contributed by atoms with Gasteiger partial charge in [-0.15, -0.1) is 0 Å². The molecule has 5 N–H and O–H groups in total. The highest BCUT2D eigenvalue weighted by Crippen LogP contribution is 2.26. The van der Waals surface area contributed by atoms with Crippen molar-refractivity contribution in [1.82, 2.24) is 10.6 Å². The van der Waals surface area contributed by atoms with Crippen LogP contribution < -0.4 is 15.4 Å². The van der Waals surface area contributed by atoms with Gasteiger partial charge in [0.15, 0.2) is 11.5 Å². The summed E-state index contributed by atoms with van der Waals surface area (Å²) in [6, 6.07) is 4.73. The number of methoxy groups -OCH3 is 1. The number of hydrogen-bond donors (Lipinski definition) is 5. The minimum Gasteiger partial charge on any atom is -0.504 e. The first-order valence-electron chi connectivity index (χ1n) is 9.66. The summed E-state index contributed by atoms with van der Waals surface area (Å²) in [6.45, 7) is 3.09. The van der Waals surface area contributed by atoms with Crippen molar-refractivity contribution in [2.75, 3.05) is 32.6 Å². The SMILES string of the molecule is COc1cc(/C=C/C(=O)SCCNC(=O)CCNC(=O)[C@@H](O)C(C)(C)CO)ccc1O. The molecule has 0 saturated carbocycles. The van der Waals surface area contributed by atoms with Crippen LogP contribution in [0.4, 0.5) is 0 Å². The molecule has 1 aromatic carbocycles. The number of nitrogens with one attached hydrogen (secondary N) is 2. The molecule has 31 heavy (non-hydrogen) atoms. The first-order valence-corrected chi connectivity index (χ1v) is 10.6. The molecule has 0 radical (unpaired) electrons. The maximum atomic E-state index is 11.9. The monoisotopic (exact) mass is 454 g/mol. The van der Waals surface area contributed by atoms with Gasteiger partial charge in [0, 0.05) is 30.7 Å². The standard InChI is InChI=1S/C21H30N2O7S/c1-21(2,13-24)19(28)20(29)23-9-8-17(26)22-10-11-31-18(27)7-5-14-4-6-15(25)16(12-14)30-3/h4-7,12,19,24-25,28H,8-11,13H2,1-3H3,(H,22,26)(H,23,29)/b7-5+/t19-/m1/s1. The Morgan fingerprint density at radius 3 is 2.58 bits per heavy atom. The van der Waals surface area contributed by atoms with Crippen LogP contribution >= 0.6 is 11.8 Å². The zero-order valence-electron chi connectivity index (χ0n) is 17.9. The van der Waals surface area contributed by atoms with Gasteiger partial charge in [0.25, 0.3) is 0 Å². The smallest absolute Gasteiger partial charge is 0.249 e. The van der Waals surface area contributed by atoms with E-state index in [-0.39, 0.29) is 42.9 Å². The molecule has 0 unspecified atom stereocenters. The third-order valence-electron chi connectivity index (χ3n) is 4.33. The summed E-state index contributed by atoms with van der Waals surface area (Å²) in [6.07, 6.45) is 1.65. The van der Waals surface area contributed by atoms with Crippen molar-refractivity contribution in [3.05, 3.63) is 29.8 Å². The number of ether oxygens (including phenoxy) is 1. The number of phenols is 1.